The summed E-state index contributed by atoms with van der Waals surface area (Å²) in [5.74, 6) is 0.342. The highest BCUT2D eigenvalue weighted by atomic mass is 32.1. The maximum absolute atomic E-state index is 11.0. The van der Waals surface area contributed by atoms with Crippen LogP contribution in [0.2, 0.25) is 0 Å². The number of carbonyl (C=O) groups excluding carboxylic acids is 1. The zero-order chi connectivity index (χ0) is 8.85. The summed E-state index contributed by atoms with van der Waals surface area (Å²) in [6.07, 6.45) is 0.516. The van der Waals surface area contributed by atoms with E-state index in [1.165, 1.54) is 0 Å². The molecule has 0 fully saturated rings. The summed E-state index contributed by atoms with van der Waals surface area (Å²) in [4.78, 5) is 11.0. The summed E-state index contributed by atoms with van der Waals surface area (Å²) in [6.45, 7) is 3.98. The van der Waals surface area contributed by atoms with E-state index < -0.39 is 0 Å². The molecule has 4 heteroatoms. The summed E-state index contributed by atoms with van der Waals surface area (Å²) in [6, 6.07) is 0. The third kappa shape index (κ3) is 5.79. The van der Waals surface area contributed by atoms with Gasteiger partial charge in [0.15, 0.2) is 5.11 Å². The quantitative estimate of drug-likeness (QED) is 0.604. The third-order valence-electron chi connectivity index (χ3n) is 1.07. The number of thiocarbonyl (C=S) groups is 1. The summed E-state index contributed by atoms with van der Waals surface area (Å²) < 4.78 is 0. The van der Waals surface area contributed by atoms with E-state index in [0.717, 1.165) is 0 Å². The summed E-state index contributed by atoms with van der Waals surface area (Å²) in [5, 5.41) is 5.60. The number of rotatable bonds is 2. The van der Waals surface area contributed by atoms with Crippen molar-refractivity contribution in [1.29, 1.82) is 0 Å². The number of amides is 1. The van der Waals surface area contributed by atoms with Crippen molar-refractivity contribution in [2.24, 2.45) is 5.92 Å². The van der Waals surface area contributed by atoms with Gasteiger partial charge in [-0.3, -0.25) is 4.79 Å². The Bertz CT molecular complexity index is 157. The van der Waals surface area contributed by atoms with Gasteiger partial charge in [0.1, 0.15) is 0 Å². The van der Waals surface area contributed by atoms with Gasteiger partial charge < -0.3 is 10.6 Å². The van der Waals surface area contributed by atoms with E-state index in [1.54, 1.807) is 7.05 Å². The predicted octanol–water partition coefficient (Wildman–Crippen LogP) is 0.653. The molecule has 0 rings (SSSR count). The van der Waals surface area contributed by atoms with E-state index in [0.29, 0.717) is 17.5 Å². The van der Waals surface area contributed by atoms with Crippen LogP contribution in [0.1, 0.15) is 20.3 Å². The average molecular weight is 174 g/mol. The molecule has 0 aromatic rings. The van der Waals surface area contributed by atoms with Gasteiger partial charge in [-0.05, 0) is 18.1 Å². The van der Waals surface area contributed by atoms with Crippen molar-refractivity contribution in [1.82, 2.24) is 10.6 Å². The zero-order valence-electron chi connectivity index (χ0n) is 7.10. The van der Waals surface area contributed by atoms with E-state index in [9.17, 15) is 4.79 Å². The maximum Gasteiger partial charge on any atom is 0.226 e. The number of hydrogen-bond donors (Lipinski definition) is 2. The fourth-order valence-electron chi connectivity index (χ4n) is 0.611. The molecule has 0 aliphatic heterocycles. The van der Waals surface area contributed by atoms with Crippen molar-refractivity contribution in [3.63, 3.8) is 0 Å². The molecular weight excluding hydrogens is 160 g/mol. The second-order valence-corrected chi connectivity index (χ2v) is 3.13. The lowest BCUT2D eigenvalue weighted by Gasteiger charge is -2.06. The minimum atomic E-state index is -0.0284. The average Bonchev–Trinajstić information content (AvgIpc) is 1.85. The molecule has 0 radical (unpaired) electrons. The lowest BCUT2D eigenvalue weighted by atomic mass is 10.1. The summed E-state index contributed by atoms with van der Waals surface area (Å²) in [7, 11) is 1.68. The summed E-state index contributed by atoms with van der Waals surface area (Å²) in [5.41, 5.74) is 0. The molecule has 11 heavy (non-hydrogen) atoms. The minimum absolute atomic E-state index is 0.0284. The van der Waals surface area contributed by atoms with Gasteiger partial charge in [-0.25, -0.2) is 0 Å². The van der Waals surface area contributed by atoms with Crippen molar-refractivity contribution < 1.29 is 4.79 Å². The van der Waals surface area contributed by atoms with E-state index in [1.807, 2.05) is 13.8 Å². The zero-order valence-corrected chi connectivity index (χ0v) is 7.92. The van der Waals surface area contributed by atoms with Crippen LogP contribution in [0.4, 0.5) is 0 Å². The Labute approximate surface area is 72.5 Å². The molecule has 0 aliphatic rings. The van der Waals surface area contributed by atoms with Crippen LogP contribution in [-0.2, 0) is 4.79 Å². The Morgan fingerprint density at radius 2 is 2.09 bits per heavy atom. The van der Waals surface area contributed by atoms with Crippen molar-refractivity contribution in [3.05, 3.63) is 0 Å². The molecule has 2 N–H and O–H groups in total. The van der Waals surface area contributed by atoms with Crippen LogP contribution in [-0.4, -0.2) is 18.1 Å². The lowest BCUT2D eigenvalue weighted by Crippen LogP contribution is -2.37. The standard InChI is InChI=1S/C7H14N2OS/c1-5(2)4-6(10)9-7(11)8-3/h5H,4H2,1-3H3,(H2,8,9,10,11). The van der Waals surface area contributed by atoms with Crippen molar-refractivity contribution in [2.75, 3.05) is 7.05 Å². The van der Waals surface area contributed by atoms with Crippen LogP contribution in [0.15, 0.2) is 0 Å². The fraction of sp³-hybridized carbons (Fsp3) is 0.714. The second kappa shape index (κ2) is 5.07. The van der Waals surface area contributed by atoms with Crippen molar-refractivity contribution >= 4 is 23.2 Å². The normalized spacial score (nSPS) is 9.45. The van der Waals surface area contributed by atoms with Gasteiger partial charge in [0.05, 0.1) is 0 Å². The van der Waals surface area contributed by atoms with Gasteiger partial charge in [0, 0.05) is 13.5 Å². The molecule has 0 unspecified atom stereocenters. The van der Waals surface area contributed by atoms with Gasteiger partial charge in [0.25, 0.3) is 0 Å². The highest BCUT2D eigenvalue weighted by Gasteiger charge is 2.04. The monoisotopic (exact) mass is 174 g/mol. The first-order chi connectivity index (χ1) is 5.06. The van der Waals surface area contributed by atoms with Crippen molar-refractivity contribution in [3.8, 4) is 0 Å². The molecule has 0 atom stereocenters. The fourth-order valence-corrected chi connectivity index (χ4v) is 0.725. The molecular formula is C7H14N2OS. The third-order valence-corrected chi connectivity index (χ3v) is 1.38. The van der Waals surface area contributed by atoms with Crippen LogP contribution in [0, 0.1) is 5.92 Å². The molecule has 0 saturated heterocycles. The van der Waals surface area contributed by atoms with Crippen LogP contribution in [0.25, 0.3) is 0 Å². The molecule has 3 nitrogen and oxygen atoms in total. The van der Waals surface area contributed by atoms with Crippen LogP contribution < -0.4 is 10.6 Å². The lowest BCUT2D eigenvalue weighted by molar-refractivity contribution is -0.120. The Morgan fingerprint density at radius 3 is 2.45 bits per heavy atom. The molecule has 0 aromatic carbocycles. The molecule has 0 aromatic heterocycles. The number of hydrogen-bond acceptors (Lipinski definition) is 2. The van der Waals surface area contributed by atoms with Crippen LogP contribution >= 0.6 is 12.2 Å². The highest BCUT2D eigenvalue weighted by Crippen LogP contribution is 1.97. The number of nitrogens with one attached hydrogen (secondary N) is 2. The van der Waals surface area contributed by atoms with Gasteiger partial charge >= 0.3 is 0 Å². The molecule has 0 heterocycles. The smallest absolute Gasteiger partial charge is 0.226 e. The van der Waals surface area contributed by atoms with E-state index in [2.05, 4.69) is 10.6 Å². The predicted molar refractivity (Wildman–Crippen MR) is 49.3 cm³/mol. The minimum Gasteiger partial charge on any atom is -0.365 e. The molecule has 64 valence electrons. The molecule has 0 saturated carbocycles. The summed E-state index contributed by atoms with van der Waals surface area (Å²) >= 11 is 4.74. The largest absolute Gasteiger partial charge is 0.365 e. The van der Waals surface area contributed by atoms with Crippen molar-refractivity contribution in [2.45, 2.75) is 20.3 Å². The SMILES string of the molecule is CNC(=S)NC(=O)CC(C)C. The Morgan fingerprint density at radius 1 is 1.55 bits per heavy atom. The van der Waals surface area contributed by atoms with Gasteiger partial charge in [-0.2, -0.15) is 0 Å². The number of carbonyl (C=O) groups is 1. The maximum atomic E-state index is 11.0. The first kappa shape index (κ1) is 10.4. The first-order valence-corrected chi connectivity index (χ1v) is 3.98. The second-order valence-electron chi connectivity index (χ2n) is 2.73. The van der Waals surface area contributed by atoms with E-state index >= 15 is 0 Å². The highest BCUT2D eigenvalue weighted by molar-refractivity contribution is 7.80. The Kier molecular flexibility index (Phi) is 4.77. The molecule has 0 spiro atoms. The molecule has 0 aliphatic carbocycles. The van der Waals surface area contributed by atoms with Crippen LogP contribution in [0.5, 0.6) is 0 Å². The van der Waals surface area contributed by atoms with Gasteiger partial charge in [-0.1, -0.05) is 13.8 Å². The topological polar surface area (TPSA) is 41.1 Å². The van der Waals surface area contributed by atoms with Crippen LogP contribution in [0.3, 0.4) is 0 Å². The van der Waals surface area contributed by atoms with E-state index in [-0.39, 0.29) is 5.91 Å². The first-order valence-electron chi connectivity index (χ1n) is 3.57. The Balaban J connectivity index is 3.61. The van der Waals surface area contributed by atoms with E-state index in [4.69, 9.17) is 12.2 Å². The Hall–Kier alpha value is -0.640. The molecule has 1 amide bonds. The van der Waals surface area contributed by atoms with Gasteiger partial charge in [-0.15, -0.1) is 0 Å². The van der Waals surface area contributed by atoms with Gasteiger partial charge in [0.2, 0.25) is 5.91 Å². The molecule has 0 bridgehead atoms.